The Hall–Kier alpha value is -4.20. The molecule has 0 unspecified atom stereocenters. The Labute approximate surface area is 225 Å². The number of nitrogens with zero attached hydrogens (tertiary/aromatic N) is 1. The maximum atomic E-state index is 14.1. The SMILES string of the molecule is CS(=O)(=O)c1ccc(NC(=O)c2c(-c3ccccc3)c3ccccc3n(Cc3cccc(Cl)c3)c2=O)cc1. The third kappa shape index (κ3) is 5.11. The van der Waals surface area contributed by atoms with Crippen molar-refractivity contribution < 1.29 is 13.2 Å². The first-order chi connectivity index (χ1) is 18.2. The summed E-state index contributed by atoms with van der Waals surface area (Å²) in [5, 5.41) is 4.08. The molecule has 0 radical (unpaired) electrons. The molecule has 8 heteroatoms. The van der Waals surface area contributed by atoms with Crippen molar-refractivity contribution >= 4 is 43.9 Å². The van der Waals surface area contributed by atoms with Crippen molar-refractivity contribution in [1.82, 2.24) is 4.57 Å². The van der Waals surface area contributed by atoms with Gasteiger partial charge in [0.05, 0.1) is 17.0 Å². The molecule has 1 amide bonds. The molecular weight excluding hydrogens is 520 g/mol. The zero-order valence-electron chi connectivity index (χ0n) is 20.4. The molecule has 1 heterocycles. The highest BCUT2D eigenvalue weighted by molar-refractivity contribution is 7.90. The summed E-state index contributed by atoms with van der Waals surface area (Å²) in [6.45, 7) is 0.221. The summed E-state index contributed by atoms with van der Waals surface area (Å²) in [4.78, 5) is 28.0. The van der Waals surface area contributed by atoms with Crippen LogP contribution in [0.2, 0.25) is 5.02 Å². The van der Waals surface area contributed by atoms with Crippen molar-refractivity contribution in [3.63, 3.8) is 0 Å². The summed E-state index contributed by atoms with van der Waals surface area (Å²) in [5.41, 5.74) is 2.67. The number of halogens is 1. The highest BCUT2D eigenvalue weighted by atomic mass is 35.5. The highest BCUT2D eigenvalue weighted by Crippen LogP contribution is 2.31. The Morgan fingerprint density at radius 1 is 0.868 bits per heavy atom. The molecule has 1 N–H and O–H groups in total. The second-order valence-electron chi connectivity index (χ2n) is 8.91. The van der Waals surface area contributed by atoms with Gasteiger partial charge in [-0.15, -0.1) is 0 Å². The van der Waals surface area contributed by atoms with Gasteiger partial charge < -0.3 is 9.88 Å². The second-order valence-corrected chi connectivity index (χ2v) is 11.4. The number of benzene rings is 4. The molecule has 190 valence electrons. The molecule has 6 nitrogen and oxygen atoms in total. The molecule has 0 aliphatic heterocycles. The Kier molecular flexibility index (Phi) is 6.89. The Bertz CT molecular complexity index is 1830. The summed E-state index contributed by atoms with van der Waals surface area (Å²) in [7, 11) is -3.39. The molecule has 0 aliphatic rings. The van der Waals surface area contributed by atoms with E-state index in [-0.39, 0.29) is 17.0 Å². The van der Waals surface area contributed by atoms with Gasteiger partial charge >= 0.3 is 0 Å². The highest BCUT2D eigenvalue weighted by Gasteiger charge is 2.24. The zero-order valence-corrected chi connectivity index (χ0v) is 22.0. The van der Waals surface area contributed by atoms with Gasteiger partial charge in [0.25, 0.3) is 11.5 Å². The molecule has 0 spiro atoms. The average molecular weight is 543 g/mol. The number of anilines is 1. The van der Waals surface area contributed by atoms with Crippen LogP contribution in [0.5, 0.6) is 0 Å². The van der Waals surface area contributed by atoms with Crippen molar-refractivity contribution in [2.45, 2.75) is 11.4 Å². The number of aromatic nitrogens is 1. The van der Waals surface area contributed by atoms with Crippen molar-refractivity contribution in [2.24, 2.45) is 0 Å². The van der Waals surface area contributed by atoms with E-state index in [2.05, 4.69) is 5.32 Å². The van der Waals surface area contributed by atoms with E-state index in [9.17, 15) is 18.0 Å². The van der Waals surface area contributed by atoms with E-state index in [1.165, 1.54) is 24.3 Å². The van der Waals surface area contributed by atoms with Crippen molar-refractivity contribution in [1.29, 1.82) is 0 Å². The molecule has 0 saturated carbocycles. The van der Waals surface area contributed by atoms with Gasteiger partial charge in [-0.3, -0.25) is 9.59 Å². The number of fused-ring (bicyclic) bond motifs is 1. The first kappa shape index (κ1) is 25.4. The monoisotopic (exact) mass is 542 g/mol. The van der Waals surface area contributed by atoms with Gasteiger partial charge in [-0.25, -0.2) is 8.42 Å². The molecular formula is C30H23ClN2O4S. The fourth-order valence-electron chi connectivity index (χ4n) is 4.48. The molecule has 5 aromatic rings. The van der Waals surface area contributed by atoms with Crippen LogP contribution in [-0.4, -0.2) is 25.1 Å². The van der Waals surface area contributed by atoms with Crippen LogP contribution in [0.3, 0.4) is 0 Å². The maximum absolute atomic E-state index is 14.1. The molecule has 0 atom stereocenters. The molecule has 38 heavy (non-hydrogen) atoms. The minimum absolute atomic E-state index is 0.0101. The van der Waals surface area contributed by atoms with Crippen LogP contribution < -0.4 is 10.9 Å². The number of rotatable bonds is 6. The Balaban J connectivity index is 1.71. The van der Waals surface area contributed by atoms with Crippen LogP contribution in [0.25, 0.3) is 22.0 Å². The number of carbonyl (C=O) groups is 1. The van der Waals surface area contributed by atoms with Crippen LogP contribution in [0.15, 0.2) is 113 Å². The summed E-state index contributed by atoms with van der Waals surface area (Å²) >= 11 is 6.20. The first-order valence-corrected chi connectivity index (χ1v) is 14.1. The summed E-state index contributed by atoms with van der Waals surface area (Å²) in [6, 6.07) is 29.9. The van der Waals surface area contributed by atoms with Gasteiger partial charge in [0.1, 0.15) is 5.56 Å². The number of carbonyl (C=O) groups excluding carboxylic acids is 1. The lowest BCUT2D eigenvalue weighted by Gasteiger charge is -2.18. The van der Waals surface area contributed by atoms with Crippen LogP contribution in [0.4, 0.5) is 5.69 Å². The third-order valence-electron chi connectivity index (χ3n) is 6.23. The standard InChI is InChI=1S/C30H23ClN2O4S/c1-38(36,37)24-16-14-23(15-17-24)32-29(34)28-27(21-9-3-2-4-10-21)25-12-5-6-13-26(25)33(30(28)35)19-20-8-7-11-22(31)18-20/h2-18H,19H2,1H3,(H,32,34). The van der Waals surface area contributed by atoms with Crippen LogP contribution >= 0.6 is 11.6 Å². The quantitative estimate of drug-likeness (QED) is 0.284. The predicted octanol–water partition coefficient (Wildman–Crippen LogP) is 6.03. The number of sulfone groups is 1. The van der Waals surface area contributed by atoms with Gasteiger partial charge in [0.15, 0.2) is 9.84 Å². The predicted molar refractivity (Wildman–Crippen MR) is 152 cm³/mol. The normalized spacial score (nSPS) is 11.4. The van der Waals surface area contributed by atoms with Gasteiger partial charge in [-0.1, -0.05) is 72.3 Å². The molecule has 1 aromatic heterocycles. The maximum Gasteiger partial charge on any atom is 0.264 e. The summed E-state index contributed by atoms with van der Waals surface area (Å²) < 4.78 is 25.2. The van der Waals surface area contributed by atoms with Gasteiger partial charge in [-0.2, -0.15) is 0 Å². The summed E-state index contributed by atoms with van der Waals surface area (Å²) in [6.07, 6.45) is 1.12. The van der Waals surface area contributed by atoms with Crippen molar-refractivity contribution in [3.8, 4) is 11.1 Å². The fraction of sp³-hybridized carbons (Fsp3) is 0.0667. The fourth-order valence-corrected chi connectivity index (χ4v) is 5.32. The molecule has 0 bridgehead atoms. The van der Waals surface area contributed by atoms with Crippen LogP contribution in [0, 0.1) is 0 Å². The van der Waals surface area contributed by atoms with E-state index < -0.39 is 21.3 Å². The molecule has 0 aliphatic carbocycles. The average Bonchev–Trinajstić information content (AvgIpc) is 2.90. The molecule has 0 fully saturated rings. The molecule has 5 rings (SSSR count). The second kappa shape index (κ2) is 10.3. The molecule has 0 saturated heterocycles. The third-order valence-corrected chi connectivity index (χ3v) is 7.60. The number of nitrogens with one attached hydrogen (secondary N) is 1. The zero-order chi connectivity index (χ0) is 26.9. The van der Waals surface area contributed by atoms with Crippen LogP contribution in [-0.2, 0) is 16.4 Å². The lowest BCUT2D eigenvalue weighted by Crippen LogP contribution is -2.31. The largest absolute Gasteiger partial charge is 0.322 e. The summed E-state index contributed by atoms with van der Waals surface area (Å²) in [5.74, 6) is -0.591. The van der Waals surface area contributed by atoms with Crippen molar-refractivity contribution in [2.75, 3.05) is 11.6 Å². The number of pyridine rings is 1. The van der Waals surface area contributed by atoms with E-state index in [1.807, 2.05) is 66.7 Å². The van der Waals surface area contributed by atoms with E-state index in [0.717, 1.165) is 22.8 Å². The van der Waals surface area contributed by atoms with E-state index >= 15 is 0 Å². The minimum atomic E-state index is -3.39. The van der Waals surface area contributed by atoms with Crippen molar-refractivity contribution in [3.05, 3.63) is 130 Å². The van der Waals surface area contributed by atoms with E-state index in [0.29, 0.717) is 21.8 Å². The van der Waals surface area contributed by atoms with Gasteiger partial charge in [-0.05, 0) is 53.6 Å². The minimum Gasteiger partial charge on any atom is -0.322 e. The number of hydrogen-bond donors (Lipinski definition) is 1. The van der Waals surface area contributed by atoms with E-state index in [1.54, 1.807) is 16.7 Å². The Morgan fingerprint density at radius 2 is 1.55 bits per heavy atom. The lowest BCUT2D eigenvalue weighted by molar-refractivity contribution is 0.102. The lowest BCUT2D eigenvalue weighted by atomic mass is 9.95. The van der Waals surface area contributed by atoms with Crippen LogP contribution in [0.1, 0.15) is 15.9 Å². The van der Waals surface area contributed by atoms with Gasteiger partial charge in [0, 0.05) is 27.9 Å². The number of hydrogen-bond acceptors (Lipinski definition) is 4. The molecule has 4 aromatic carbocycles. The Morgan fingerprint density at radius 3 is 2.24 bits per heavy atom. The number of para-hydroxylation sites is 1. The van der Waals surface area contributed by atoms with E-state index in [4.69, 9.17) is 11.6 Å². The smallest absolute Gasteiger partial charge is 0.264 e. The number of amides is 1. The first-order valence-electron chi connectivity index (χ1n) is 11.8. The topological polar surface area (TPSA) is 85.2 Å². The van der Waals surface area contributed by atoms with Gasteiger partial charge in [0.2, 0.25) is 0 Å².